The van der Waals surface area contributed by atoms with Crippen LogP contribution in [-0.2, 0) is 0 Å². The van der Waals surface area contributed by atoms with Crippen LogP contribution in [0.2, 0.25) is 0 Å². The van der Waals surface area contributed by atoms with Crippen LogP contribution in [0.4, 0.5) is 5.69 Å². The van der Waals surface area contributed by atoms with E-state index in [0.717, 1.165) is 0 Å². The van der Waals surface area contributed by atoms with Crippen molar-refractivity contribution in [2.75, 3.05) is 25.5 Å². The molecule has 43 heavy (non-hydrogen) atoms. The third kappa shape index (κ3) is 7.04. The van der Waals surface area contributed by atoms with E-state index in [1.807, 2.05) is 6.07 Å². The van der Waals surface area contributed by atoms with Crippen LogP contribution in [0.3, 0.4) is 0 Å². The monoisotopic (exact) mass is 574 g/mol. The zero-order valence-electron chi connectivity index (χ0n) is 23.2. The van der Waals surface area contributed by atoms with Gasteiger partial charge < -0.3 is 24.4 Å². The molecule has 5 rings (SSSR count). The Morgan fingerprint density at radius 1 is 0.884 bits per heavy atom. The van der Waals surface area contributed by atoms with Crippen LogP contribution in [0.15, 0.2) is 79.1 Å². The molecule has 0 bridgehead atoms. The smallest absolute Gasteiger partial charge is 0.274 e. The highest BCUT2D eigenvalue weighted by Gasteiger charge is 2.26. The third-order valence-corrected chi connectivity index (χ3v) is 6.76. The lowest BCUT2D eigenvalue weighted by atomic mass is 10.1. The van der Waals surface area contributed by atoms with E-state index in [4.69, 9.17) is 24.7 Å². The molecule has 1 N–H and O–H groups in total. The van der Waals surface area contributed by atoms with Crippen molar-refractivity contribution in [3.05, 3.63) is 102 Å². The first kappa shape index (κ1) is 28.6. The third-order valence-electron chi connectivity index (χ3n) is 6.76. The van der Waals surface area contributed by atoms with E-state index in [-0.39, 0.29) is 17.7 Å². The Bertz CT molecular complexity index is 1690. The number of nitrogens with one attached hydrogen (secondary N) is 1. The molecular formula is C32H26N6O5. The van der Waals surface area contributed by atoms with Crippen molar-refractivity contribution < 1.29 is 23.8 Å². The molecule has 2 amide bonds. The second-order valence-electron chi connectivity index (χ2n) is 9.60. The van der Waals surface area contributed by atoms with Gasteiger partial charge in [0.2, 0.25) is 5.88 Å². The van der Waals surface area contributed by atoms with Crippen LogP contribution in [0.1, 0.15) is 44.8 Å². The van der Waals surface area contributed by atoms with Crippen molar-refractivity contribution in [1.82, 2.24) is 14.9 Å². The van der Waals surface area contributed by atoms with E-state index in [0.29, 0.717) is 71.4 Å². The minimum absolute atomic E-state index is 0.0961. The van der Waals surface area contributed by atoms with E-state index in [1.54, 1.807) is 65.6 Å². The molecule has 214 valence electrons. The van der Waals surface area contributed by atoms with E-state index >= 15 is 0 Å². The second kappa shape index (κ2) is 13.1. The molecule has 0 atom stereocenters. The molecule has 3 heterocycles. The van der Waals surface area contributed by atoms with E-state index in [2.05, 4.69) is 21.4 Å². The molecule has 1 saturated heterocycles. The summed E-state index contributed by atoms with van der Waals surface area (Å²) in [5.74, 6) is 1.30. The highest BCUT2D eigenvalue weighted by Crippen LogP contribution is 2.31. The number of carbonyl (C=O) groups is 2. The summed E-state index contributed by atoms with van der Waals surface area (Å²) < 4.78 is 17.1. The lowest BCUT2D eigenvalue weighted by molar-refractivity contribution is 0.0590. The van der Waals surface area contributed by atoms with Crippen LogP contribution in [0, 0.1) is 22.7 Å². The van der Waals surface area contributed by atoms with E-state index in [9.17, 15) is 9.59 Å². The number of pyridine rings is 2. The number of methoxy groups -OCH3 is 1. The molecule has 0 unspecified atom stereocenters. The van der Waals surface area contributed by atoms with Crippen LogP contribution in [0.25, 0.3) is 0 Å². The number of amides is 2. The Morgan fingerprint density at radius 3 is 2.26 bits per heavy atom. The normalized spacial score (nSPS) is 12.9. The first-order chi connectivity index (χ1) is 20.9. The SMILES string of the molecule is COc1cc(C#N)ccc1OC1CCN(C(=O)c2ccc(C(=O)Nc3ccc(Oc4ccc(C#N)cc4)nc3)nc2)CC1. The number of likely N-dealkylation sites (tertiary alicyclic amines) is 1. The van der Waals surface area contributed by atoms with Gasteiger partial charge in [0.25, 0.3) is 11.8 Å². The maximum absolute atomic E-state index is 13.1. The lowest BCUT2D eigenvalue weighted by Gasteiger charge is -2.32. The Kier molecular flexibility index (Phi) is 8.74. The number of rotatable bonds is 8. The van der Waals surface area contributed by atoms with Crippen LogP contribution in [0.5, 0.6) is 23.1 Å². The van der Waals surface area contributed by atoms with Gasteiger partial charge in [0, 0.05) is 44.3 Å². The average Bonchev–Trinajstić information content (AvgIpc) is 3.06. The molecule has 0 saturated carbocycles. The van der Waals surface area contributed by atoms with Crippen molar-refractivity contribution in [2.45, 2.75) is 18.9 Å². The fourth-order valence-corrected chi connectivity index (χ4v) is 4.46. The van der Waals surface area contributed by atoms with Gasteiger partial charge in [-0.25, -0.2) is 4.98 Å². The fraction of sp³-hybridized carbons (Fsp3) is 0.188. The van der Waals surface area contributed by atoms with Gasteiger partial charge in [0.1, 0.15) is 17.5 Å². The summed E-state index contributed by atoms with van der Waals surface area (Å²) in [7, 11) is 1.53. The van der Waals surface area contributed by atoms with Crippen molar-refractivity contribution in [3.63, 3.8) is 0 Å². The number of ether oxygens (including phenoxy) is 3. The summed E-state index contributed by atoms with van der Waals surface area (Å²) in [6.45, 7) is 1.00. The van der Waals surface area contributed by atoms with Gasteiger partial charge in [-0.05, 0) is 54.6 Å². The molecular weight excluding hydrogens is 548 g/mol. The molecule has 11 heteroatoms. The number of aromatic nitrogens is 2. The zero-order valence-corrected chi connectivity index (χ0v) is 23.2. The highest BCUT2D eigenvalue weighted by molar-refractivity contribution is 6.03. The zero-order chi connectivity index (χ0) is 30.2. The minimum atomic E-state index is -0.447. The lowest BCUT2D eigenvalue weighted by Crippen LogP contribution is -2.41. The maximum Gasteiger partial charge on any atom is 0.274 e. The topological polar surface area (TPSA) is 150 Å². The maximum atomic E-state index is 13.1. The average molecular weight is 575 g/mol. The number of nitriles is 2. The van der Waals surface area contributed by atoms with Gasteiger partial charge in [-0.2, -0.15) is 10.5 Å². The number of piperidine rings is 1. The standard InChI is InChI=1S/C32H26N6O5/c1-41-29-16-22(18-34)4-10-28(29)42-26-12-14-38(15-13-26)32(40)23-5-9-27(35-19-23)31(39)37-24-6-11-30(36-20-24)43-25-7-2-21(17-33)3-8-25/h2-11,16,19-20,26H,12-15H2,1H3,(H,37,39). The Balaban J connectivity index is 1.11. The van der Waals surface area contributed by atoms with Gasteiger partial charge in [-0.15, -0.1) is 0 Å². The number of nitrogens with zero attached hydrogens (tertiary/aromatic N) is 5. The van der Waals surface area contributed by atoms with Crippen LogP contribution >= 0.6 is 0 Å². The fourth-order valence-electron chi connectivity index (χ4n) is 4.46. The minimum Gasteiger partial charge on any atom is -0.493 e. The molecule has 2 aromatic carbocycles. The molecule has 1 aliphatic heterocycles. The predicted molar refractivity (Wildman–Crippen MR) is 155 cm³/mol. The number of hydrogen-bond acceptors (Lipinski definition) is 9. The number of benzene rings is 2. The Labute approximate surface area is 247 Å². The molecule has 0 radical (unpaired) electrons. The number of anilines is 1. The summed E-state index contributed by atoms with van der Waals surface area (Å²) in [4.78, 5) is 35.9. The Hall–Kier alpha value is -5.94. The summed E-state index contributed by atoms with van der Waals surface area (Å²) >= 11 is 0. The summed E-state index contributed by atoms with van der Waals surface area (Å²) in [6.07, 6.45) is 4.02. The van der Waals surface area contributed by atoms with Gasteiger partial charge in [-0.1, -0.05) is 0 Å². The molecule has 4 aromatic rings. The van der Waals surface area contributed by atoms with Crippen molar-refractivity contribution >= 4 is 17.5 Å². The quantitative estimate of drug-likeness (QED) is 0.308. The second-order valence-corrected chi connectivity index (χ2v) is 9.60. The van der Waals surface area contributed by atoms with Crippen molar-refractivity contribution in [3.8, 4) is 35.3 Å². The summed E-state index contributed by atoms with van der Waals surface area (Å²) in [5, 5.41) is 20.7. The number of carbonyl (C=O) groups excluding carboxylic acids is 2. The summed E-state index contributed by atoms with van der Waals surface area (Å²) in [5.41, 5.74) is 1.99. The first-order valence-corrected chi connectivity index (χ1v) is 13.4. The largest absolute Gasteiger partial charge is 0.493 e. The number of hydrogen-bond donors (Lipinski definition) is 1. The van der Waals surface area contributed by atoms with E-state index < -0.39 is 5.91 Å². The van der Waals surface area contributed by atoms with E-state index in [1.165, 1.54) is 25.6 Å². The molecule has 0 aliphatic carbocycles. The van der Waals surface area contributed by atoms with Gasteiger partial charge >= 0.3 is 0 Å². The molecule has 2 aromatic heterocycles. The summed E-state index contributed by atoms with van der Waals surface area (Å²) in [6, 6.07) is 22.1. The first-order valence-electron chi connectivity index (χ1n) is 13.4. The van der Waals surface area contributed by atoms with Gasteiger partial charge in [-0.3, -0.25) is 14.6 Å². The predicted octanol–water partition coefficient (Wildman–Crippen LogP) is 4.96. The van der Waals surface area contributed by atoms with Gasteiger partial charge in [0.15, 0.2) is 11.5 Å². The van der Waals surface area contributed by atoms with Crippen molar-refractivity contribution in [1.29, 1.82) is 10.5 Å². The van der Waals surface area contributed by atoms with Crippen molar-refractivity contribution in [2.24, 2.45) is 0 Å². The molecule has 11 nitrogen and oxygen atoms in total. The van der Waals surface area contributed by atoms with Crippen LogP contribution < -0.4 is 19.5 Å². The molecule has 1 aliphatic rings. The highest BCUT2D eigenvalue weighted by atomic mass is 16.5. The van der Waals surface area contributed by atoms with Crippen LogP contribution in [-0.4, -0.2) is 53.0 Å². The molecule has 0 spiro atoms. The molecule has 1 fully saturated rings. The van der Waals surface area contributed by atoms with Gasteiger partial charge in [0.05, 0.1) is 47.8 Å². The Morgan fingerprint density at radius 2 is 1.63 bits per heavy atom.